The molecule has 0 saturated heterocycles. The predicted octanol–water partition coefficient (Wildman–Crippen LogP) is 4.11. The van der Waals surface area contributed by atoms with Crippen molar-refractivity contribution in [3.63, 3.8) is 0 Å². The minimum Gasteiger partial charge on any atom is -0.507 e. The molecule has 0 atom stereocenters. The summed E-state index contributed by atoms with van der Waals surface area (Å²) in [6, 6.07) is 2.12. The van der Waals surface area contributed by atoms with Crippen molar-refractivity contribution in [1.82, 2.24) is 0 Å². The summed E-state index contributed by atoms with van der Waals surface area (Å²) in [5, 5.41) is 31.7. The number of hydrogen-bond donors (Lipinski definition) is 1. The van der Waals surface area contributed by atoms with Gasteiger partial charge >= 0.3 is 11.4 Å². The molecule has 0 radical (unpaired) electrons. The van der Waals surface area contributed by atoms with Crippen LogP contribution >= 0.6 is 0 Å². The van der Waals surface area contributed by atoms with Crippen LogP contribution in [0.25, 0.3) is 0 Å². The SMILES string of the molecule is CCCCCCCCc1c(O)ccc([N+](=O)[O-])c1[N+](=O)[O-]. The van der Waals surface area contributed by atoms with Crippen LogP contribution in [0.3, 0.4) is 0 Å². The number of nitrogens with zero attached hydrogens (tertiary/aromatic N) is 2. The van der Waals surface area contributed by atoms with Gasteiger partial charge in [0.2, 0.25) is 0 Å². The minimum atomic E-state index is -0.789. The van der Waals surface area contributed by atoms with Crippen LogP contribution in [0.15, 0.2) is 12.1 Å². The van der Waals surface area contributed by atoms with Gasteiger partial charge in [0.05, 0.1) is 15.4 Å². The average molecular weight is 296 g/mol. The molecule has 7 heteroatoms. The Morgan fingerprint density at radius 1 is 1.00 bits per heavy atom. The second-order valence-electron chi connectivity index (χ2n) is 4.96. The zero-order valence-corrected chi connectivity index (χ0v) is 12.1. The van der Waals surface area contributed by atoms with Crippen LogP contribution in [0, 0.1) is 20.2 Å². The molecule has 1 aromatic carbocycles. The summed E-state index contributed by atoms with van der Waals surface area (Å²) in [7, 11) is 0. The highest BCUT2D eigenvalue weighted by atomic mass is 16.6. The van der Waals surface area contributed by atoms with Crippen LogP contribution in [0.1, 0.15) is 51.0 Å². The normalized spacial score (nSPS) is 10.5. The topological polar surface area (TPSA) is 107 Å². The molecule has 0 bridgehead atoms. The molecule has 0 fully saturated rings. The van der Waals surface area contributed by atoms with Crippen molar-refractivity contribution in [2.45, 2.75) is 51.9 Å². The van der Waals surface area contributed by atoms with Crippen molar-refractivity contribution in [3.05, 3.63) is 37.9 Å². The van der Waals surface area contributed by atoms with E-state index >= 15 is 0 Å². The lowest BCUT2D eigenvalue weighted by atomic mass is 10.0. The second kappa shape index (κ2) is 8.18. The molecule has 0 aliphatic heterocycles. The summed E-state index contributed by atoms with van der Waals surface area (Å²) < 4.78 is 0. The third-order valence-corrected chi connectivity index (χ3v) is 3.40. The summed E-state index contributed by atoms with van der Waals surface area (Å²) in [4.78, 5) is 20.3. The molecule has 7 nitrogen and oxygen atoms in total. The van der Waals surface area contributed by atoms with E-state index in [4.69, 9.17) is 0 Å². The van der Waals surface area contributed by atoms with Gasteiger partial charge in [0.25, 0.3) is 0 Å². The number of rotatable bonds is 9. The van der Waals surface area contributed by atoms with E-state index in [-0.39, 0.29) is 17.7 Å². The van der Waals surface area contributed by atoms with E-state index in [1.807, 2.05) is 0 Å². The second-order valence-corrected chi connectivity index (χ2v) is 4.96. The minimum absolute atomic E-state index is 0.0599. The van der Waals surface area contributed by atoms with E-state index in [9.17, 15) is 25.3 Å². The Hall–Kier alpha value is -2.18. The van der Waals surface area contributed by atoms with Crippen molar-refractivity contribution < 1.29 is 15.0 Å². The van der Waals surface area contributed by atoms with Gasteiger partial charge in [-0.2, -0.15) is 0 Å². The van der Waals surface area contributed by atoms with Crippen molar-refractivity contribution in [3.8, 4) is 5.75 Å². The third kappa shape index (κ3) is 4.70. The molecule has 0 aliphatic carbocycles. The van der Waals surface area contributed by atoms with Crippen LogP contribution in [-0.4, -0.2) is 15.0 Å². The Labute approximate surface area is 122 Å². The number of unbranched alkanes of at least 4 members (excludes halogenated alkanes) is 5. The van der Waals surface area contributed by atoms with Gasteiger partial charge in [-0.1, -0.05) is 39.0 Å². The van der Waals surface area contributed by atoms with Crippen molar-refractivity contribution in [2.24, 2.45) is 0 Å². The molecular weight excluding hydrogens is 276 g/mol. The zero-order chi connectivity index (χ0) is 15.8. The lowest BCUT2D eigenvalue weighted by Gasteiger charge is -2.06. The number of nitro benzene ring substituents is 2. The molecule has 0 saturated carbocycles. The largest absolute Gasteiger partial charge is 0.507 e. The Balaban J connectivity index is 2.82. The molecule has 0 aromatic heterocycles. The fraction of sp³-hybridized carbons (Fsp3) is 0.571. The van der Waals surface area contributed by atoms with Gasteiger partial charge in [-0.25, -0.2) is 0 Å². The molecule has 0 amide bonds. The first-order valence-corrected chi connectivity index (χ1v) is 7.12. The van der Waals surface area contributed by atoms with E-state index in [1.165, 1.54) is 0 Å². The van der Waals surface area contributed by atoms with Crippen LogP contribution in [0.5, 0.6) is 5.75 Å². The predicted molar refractivity (Wildman–Crippen MR) is 78.5 cm³/mol. The molecular formula is C14H20N2O5. The molecule has 0 spiro atoms. The molecule has 21 heavy (non-hydrogen) atoms. The monoisotopic (exact) mass is 296 g/mol. The molecule has 0 aliphatic rings. The number of benzene rings is 1. The molecule has 1 rings (SSSR count). The average Bonchev–Trinajstić information content (AvgIpc) is 2.43. The van der Waals surface area contributed by atoms with E-state index in [0.717, 1.165) is 44.2 Å². The summed E-state index contributed by atoms with van der Waals surface area (Å²) in [5.41, 5.74) is -1.10. The van der Waals surface area contributed by atoms with Crippen molar-refractivity contribution in [2.75, 3.05) is 0 Å². The maximum absolute atomic E-state index is 11.1. The van der Waals surface area contributed by atoms with Gasteiger partial charge in [-0.15, -0.1) is 0 Å². The highest BCUT2D eigenvalue weighted by Gasteiger charge is 2.30. The smallest absolute Gasteiger partial charge is 0.352 e. The molecule has 1 N–H and O–H groups in total. The van der Waals surface area contributed by atoms with Crippen molar-refractivity contribution in [1.29, 1.82) is 0 Å². The third-order valence-electron chi connectivity index (χ3n) is 3.40. The first-order chi connectivity index (χ1) is 9.99. The van der Waals surface area contributed by atoms with Gasteiger partial charge in [0.15, 0.2) is 0 Å². The summed E-state index contributed by atoms with van der Waals surface area (Å²) in [5.74, 6) is -0.249. The van der Waals surface area contributed by atoms with Gasteiger partial charge in [-0.3, -0.25) is 20.2 Å². The summed E-state index contributed by atoms with van der Waals surface area (Å²) in [6.07, 6.45) is 6.25. The lowest BCUT2D eigenvalue weighted by molar-refractivity contribution is -0.423. The highest BCUT2D eigenvalue weighted by Crippen LogP contribution is 2.37. The first kappa shape index (κ1) is 16.9. The van der Waals surface area contributed by atoms with E-state index in [1.54, 1.807) is 0 Å². The van der Waals surface area contributed by atoms with E-state index in [2.05, 4.69) is 6.92 Å². The van der Waals surface area contributed by atoms with E-state index < -0.39 is 21.2 Å². The van der Waals surface area contributed by atoms with Gasteiger partial charge in [0.1, 0.15) is 5.75 Å². The zero-order valence-electron chi connectivity index (χ0n) is 12.1. The quantitative estimate of drug-likeness (QED) is 0.419. The van der Waals surface area contributed by atoms with Crippen molar-refractivity contribution >= 4 is 11.4 Å². The van der Waals surface area contributed by atoms with Crippen LogP contribution in [-0.2, 0) is 6.42 Å². The Morgan fingerprint density at radius 3 is 2.19 bits per heavy atom. The number of nitro groups is 2. The maximum Gasteiger partial charge on any atom is 0.352 e. The fourth-order valence-electron chi connectivity index (χ4n) is 2.29. The molecule has 0 heterocycles. The summed E-state index contributed by atoms with van der Waals surface area (Å²) >= 11 is 0. The van der Waals surface area contributed by atoms with Gasteiger partial charge in [-0.05, 0) is 18.9 Å². The highest BCUT2D eigenvalue weighted by molar-refractivity contribution is 5.62. The maximum atomic E-state index is 11.1. The van der Waals surface area contributed by atoms with Crippen LogP contribution < -0.4 is 0 Å². The first-order valence-electron chi connectivity index (χ1n) is 7.12. The molecule has 1 aromatic rings. The molecule has 116 valence electrons. The number of hydrogen-bond acceptors (Lipinski definition) is 5. The number of phenols is 1. The van der Waals surface area contributed by atoms with Gasteiger partial charge < -0.3 is 5.11 Å². The van der Waals surface area contributed by atoms with Crippen LogP contribution in [0.4, 0.5) is 11.4 Å². The van der Waals surface area contributed by atoms with Crippen LogP contribution in [0.2, 0.25) is 0 Å². The van der Waals surface area contributed by atoms with E-state index in [0.29, 0.717) is 6.42 Å². The number of phenolic OH excluding ortho intramolecular Hbond substituents is 1. The Morgan fingerprint density at radius 2 is 1.62 bits per heavy atom. The lowest BCUT2D eigenvalue weighted by Crippen LogP contribution is -2.01. The fourth-order valence-corrected chi connectivity index (χ4v) is 2.29. The summed E-state index contributed by atoms with van der Waals surface area (Å²) in [6.45, 7) is 2.12. The van der Waals surface area contributed by atoms with Gasteiger partial charge in [0, 0.05) is 6.07 Å². The molecule has 0 unspecified atom stereocenters. The number of aromatic hydroxyl groups is 1. The Bertz CT molecular complexity index is 516. The Kier molecular flexibility index (Phi) is 6.58. The standard InChI is InChI=1S/C14H20N2O5/c1-2-3-4-5-6-7-8-11-13(17)10-9-12(15(18)19)14(11)16(20)21/h9-10,17H,2-8H2,1H3.